The minimum absolute atomic E-state index is 0.893. The molecule has 0 aliphatic heterocycles. The van der Waals surface area contributed by atoms with Gasteiger partial charge in [-0.05, 0) is 82.1 Å². The Labute approximate surface area is 316 Å². The van der Waals surface area contributed by atoms with Crippen molar-refractivity contribution in [3.63, 3.8) is 0 Å². The first-order valence-electron chi connectivity index (χ1n) is 18.9. The first-order valence-corrected chi connectivity index (χ1v) is 18.9. The molecular formula is C52H32N2O. The third kappa shape index (κ3) is 4.38. The predicted molar refractivity (Wildman–Crippen MR) is 231 cm³/mol. The first-order chi connectivity index (χ1) is 27.3. The van der Waals surface area contributed by atoms with Crippen molar-refractivity contribution >= 4 is 76.3 Å². The Hall–Kier alpha value is -7.36. The van der Waals surface area contributed by atoms with E-state index in [1.165, 1.54) is 49.1 Å². The Morgan fingerprint density at radius 1 is 0.345 bits per heavy atom. The zero-order chi connectivity index (χ0) is 36.0. The van der Waals surface area contributed by atoms with Crippen LogP contribution in [0.3, 0.4) is 0 Å². The third-order valence-electron chi connectivity index (χ3n) is 11.5. The van der Waals surface area contributed by atoms with Gasteiger partial charge in [0.15, 0.2) is 0 Å². The van der Waals surface area contributed by atoms with E-state index in [-0.39, 0.29) is 0 Å². The van der Waals surface area contributed by atoms with Crippen LogP contribution in [0.2, 0.25) is 0 Å². The second kappa shape index (κ2) is 11.6. The SMILES string of the molecule is c1ccc(-c2ccc(-n3c4ccc5ccccc5c4c4c5oc6ccccc6c5cc(-c5ccc6c7ccccc7n(-c7ccccc7)c6c5)c43)cc2)cc1. The maximum atomic E-state index is 6.91. The number of furan rings is 1. The topological polar surface area (TPSA) is 23.0 Å². The van der Waals surface area contributed by atoms with Gasteiger partial charge in [-0.25, -0.2) is 0 Å². The molecule has 3 heterocycles. The van der Waals surface area contributed by atoms with Gasteiger partial charge in [0.05, 0.1) is 27.5 Å². The van der Waals surface area contributed by atoms with Crippen LogP contribution in [0.25, 0.3) is 110 Å². The summed E-state index contributed by atoms with van der Waals surface area (Å²) in [5.74, 6) is 0. The zero-order valence-electron chi connectivity index (χ0n) is 29.8. The van der Waals surface area contributed by atoms with Crippen molar-refractivity contribution < 1.29 is 4.42 Å². The van der Waals surface area contributed by atoms with E-state index in [4.69, 9.17) is 4.42 Å². The molecule has 0 radical (unpaired) electrons. The van der Waals surface area contributed by atoms with Crippen LogP contribution in [0, 0.1) is 0 Å². The van der Waals surface area contributed by atoms with E-state index in [0.29, 0.717) is 0 Å². The lowest BCUT2D eigenvalue weighted by Gasteiger charge is -2.14. The standard InChI is InChI=1S/C52H32N2O/c1-3-13-33(14-4-1)34-23-27-38(28-24-34)54-46-30-26-35-15-7-8-18-39(35)49(46)50-51(54)43(32-44-42-20-10-12-22-48(42)55-52(44)50)36-25-29-41-40-19-9-11-21-45(40)53(47(41)31-36)37-16-5-2-6-17-37/h1-32H. The highest BCUT2D eigenvalue weighted by Crippen LogP contribution is 2.48. The number of fused-ring (bicyclic) bond motifs is 12. The van der Waals surface area contributed by atoms with Crippen LogP contribution < -0.4 is 0 Å². The molecule has 0 saturated carbocycles. The van der Waals surface area contributed by atoms with Crippen molar-refractivity contribution in [2.75, 3.05) is 0 Å². The van der Waals surface area contributed by atoms with E-state index >= 15 is 0 Å². The van der Waals surface area contributed by atoms with Gasteiger partial charge in [-0.1, -0.05) is 140 Å². The summed E-state index contributed by atoms with van der Waals surface area (Å²) in [4.78, 5) is 0. The van der Waals surface area contributed by atoms with Crippen molar-refractivity contribution in [1.29, 1.82) is 0 Å². The van der Waals surface area contributed by atoms with Gasteiger partial charge in [0.25, 0.3) is 0 Å². The minimum Gasteiger partial charge on any atom is -0.455 e. The van der Waals surface area contributed by atoms with E-state index in [1.54, 1.807) is 0 Å². The second-order valence-corrected chi connectivity index (χ2v) is 14.5. The summed E-state index contributed by atoms with van der Waals surface area (Å²) < 4.78 is 11.8. The van der Waals surface area contributed by atoms with E-state index in [1.807, 2.05) is 0 Å². The molecule has 55 heavy (non-hydrogen) atoms. The molecule has 12 rings (SSSR count). The lowest BCUT2D eigenvalue weighted by atomic mass is 9.96. The van der Waals surface area contributed by atoms with Crippen molar-refractivity contribution in [3.05, 3.63) is 194 Å². The van der Waals surface area contributed by atoms with Gasteiger partial charge in [0.2, 0.25) is 0 Å². The van der Waals surface area contributed by atoms with E-state index < -0.39 is 0 Å². The van der Waals surface area contributed by atoms with Gasteiger partial charge in [-0.2, -0.15) is 0 Å². The number of nitrogens with zero attached hydrogens (tertiary/aromatic N) is 2. The third-order valence-corrected chi connectivity index (χ3v) is 11.5. The number of hydrogen-bond donors (Lipinski definition) is 0. The first kappa shape index (κ1) is 30.1. The molecule has 12 aromatic rings. The number of para-hydroxylation sites is 3. The fourth-order valence-electron chi connectivity index (χ4n) is 9.06. The van der Waals surface area contributed by atoms with Gasteiger partial charge in [-0.15, -0.1) is 0 Å². The lowest BCUT2D eigenvalue weighted by molar-refractivity contribution is 0.673. The molecule has 3 nitrogen and oxygen atoms in total. The smallest absolute Gasteiger partial charge is 0.145 e. The van der Waals surface area contributed by atoms with Gasteiger partial charge in [0, 0.05) is 43.9 Å². The van der Waals surface area contributed by atoms with E-state index in [9.17, 15) is 0 Å². The Balaban J connectivity index is 1.25. The normalized spacial score (nSPS) is 12.0. The highest BCUT2D eigenvalue weighted by molar-refractivity contribution is 6.32. The number of aromatic nitrogens is 2. The largest absolute Gasteiger partial charge is 0.455 e. The minimum atomic E-state index is 0.893. The van der Waals surface area contributed by atoms with Crippen LogP contribution in [0.1, 0.15) is 0 Å². The molecule has 0 N–H and O–H groups in total. The molecule has 0 atom stereocenters. The van der Waals surface area contributed by atoms with Gasteiger partial charge in [-0.3, -0.25) is 0 Å². The van der Waals surface area contributed by atoms with Crippen molar-refractivity contribution in [2.45, 2.75) is 0 Å². The van der Waals surface area contributed by atoms with Crippen molar-refractivity contribution in [2.24, 2.45) is 0 Å². The Bertz CT molecular complexity index is 3460. The molecule has 9 aromatic carbocycles. The van der Waals surface area contributed by atoms with Gasteiger partial charge >= 0.3 is 0 Å². The highest BCUT2D eigenvalue weighted by atomic mass is 16.3. The Kier molecular flexibility index (Phi) is 6.34. The molecule has 3 aromatic heterocycles. The summed E-state index contributed by atoms with van der Waals surface area (Å²) in [5, 5.41) is 9.46. The lowest BCUT2D eigenvalue weighted by Crippen LogP contribution is -1.96. The van der Waals surface area contributed by atoms with Crippen LogP contribution >= 0.6 is 0 Å². The monoisotopic (exact) mass is 700 g/mol. The molecule has 0 amide bonds. The summed E-state index contributed by atoms with van der Waals surface area (Å²) in [6.45, 7) is 0. The van der Waals surface area contributed by atoms with Crippen LogP contribution in [0.5, 0.6) is 0 Å². The molecule has 0 unspecified atom stereocenters. The van der Waals surface area contributed by atoms with Gasteiger partial charge in [0.1, 0.15) is 11.2 Å². The molecule has 0 bridgehead atoms. The summed E-state index contributed by atoms with van der Waals surface area (Å²) in [6, 6.07) is 70.2. The fourth-order valence-corrected chi connectivity index (χ4v) is 9.06. The maximum absolute atomic E-state index is 6.91. The van der Waals surface area contributed by atoms with E-state index in [2.05, 4.69) is 203 Å². The average Bonchev–Trinajstić information content (AvgIpc) is 3.92. The Morgan fingerprint density at radius 2 is 0.982 bits per heavy atom. The maximum Gasteiger partial charge on any atom is 0.145 e. The molecular weight excluding hydrogens is 669 g/mol. The zero-order valence-corrected chi connectivity index (χ0v) is 29.8. The van der Waals surface area contributed by atoms with Crippen LogP contribution in [0.4, 0.5) is 0 Å². The summed E-state index contributed by atoms with van der Waals surface area (Å²) in [6.07, 6.45) is 0. The molecule has 0 spiro atoms. The van der Waals surface area contributed by atoms with E-state index in [0.717, 1.165) is 60.9 Å². The predicted octanol–water partition coefficient (Wildman–Crippen LogP) is 14.3. The second-order valence-electron chi connectivity index (χ2n) is 14.5. The number of benzene rings is 9. The average molecular weight is 701 g/mol. The molecule has 0 fully saturated rings. The van der Waals surface area contributed by atoms with Crippen LogP contribution in [-0.2, 0) is 0 Å². The fraction of sp³-hybridized carbons (Fsp3) is 0. The number of rotatable bonds is 4. The van der Waals surface area contributed by atoms with Crippen molar-refractivity contribution in [1.82, 2.24) is 9.13 Å². The van der Waals surface area contributed by atoms with Crippen LogP contribution in [-0.4, -0.2) is 9.13 Å². The summed E-state index contributed by atoms with van der Waals surface area (Å²) in [5.41, 5.74) is 13.4. The highest BCUT2D eigenvalue weighted by Gasteiger charge is 2.25. The van der Waals surface area contributed by atoms with Gasteiger partial charge < -0.3 is 13.6 Å². The molecule has 0 aliphatic carbocycles. The Morgan fingerprint density at radius 3 is 1.82 bits per heavy atom. The summed E-state index contributed by atoms with van der Waals surface area (Å²) in [7, 11) is 0. The molecule has 256 valence electrons. The molecule has 0 saturated heterocycles. The summed E-state index contributed by atoms with van der Waals surface area (Å²) >= 11 is 0. The number of hydrogen-bond acceptors (Lipinski definition) is 1. The molecule has 3 heteroatoms. The quantitative estimate of drug-likeness (QED) is 0.179. The van der Waals surface area contributed by atoms with Crippen molar-refractivity contribution in [3.8, 4) is 33.6 Å². The van der Waals surface area contributed by atoms with Crippen LogP contribution in [0.15, 0.2) is 199 Å². The molecule has 0 aliphatic rings.